The molecule has 1 saturated heterocycles. The van der Waals surface area contributed by atoms with Crippen molar-refractivity contribution in [3.8, 4) is 0 Å². The first-order valence-electron chi connectivity index (χ1n) is 7.44. The van der Waals surface area contributed by atoms with Gasteiger partial charge in [0.1, 0.15) is 11.7 Å². The van der Waals surface area contributed by atoms with Crippen LogP contribution in [0.15, 0.2) is 18.2 Å². The van der Waals surface area contributed by atoms with E-state index >= 15 is 0 Å². The fourth-order valence-corrected chi connectivity index (χ4v) is 4.19. The summed E-state index contributed by atoms with van der Waals surface area (Å²) in [4.78, 5) is 12.2. The molecule has 1 aliphatic heterocycles. The Morgan fingerprint density at radius 2 is 2.08 bits per heavy atom. The Kier molecular flexibility index (Phi) is 6.02. The van der Waals surface area contributed by atoms with E-state index in [9.17, 15) is 17.6 Å². The summed E-state index contributed by atoms with van der Waals surface area (Å²) in [5.74, 6) is -2.17. The predicted octanol–water partition coefficient (Wildman–Crippen LogP) is 1.61. The third-order valence-electron chi connectivity index (χ3n) is 3.68. The van der Waals surface area contributed by atoms with Gasteiger partial charge in [0.15, 0.2) is 5.37 Å². The summed E-state index contributed by atoms with van der Waals surface area (Å²) in [7, 11) is -4.00. The minimum absolute atomic E-state index is 0.103. The zero-order chi connectivity index (χ0) is 17.9. The quantitative estimate of drug-likeness (QED) is 0.650. The van der Waals surface area contributed by atoms with Crippen molar-refractivity contribution in [1.82, 2.24) is 10.9 Å². The summed E-state index contributed by atoms with van der Waals surface area (Å²) in [6.45, 7) is 3.63. The van der Waals surface area contributed by atoms with Gasteiger partial charge < -0.3 is 4.74 Å². The van der Waals surface area contributed by atoms with Crippen LogP contribution in [0.4, 0.5) is 10.1 Å². The molecule has 0 aromatic heterocycles. The van der Waals surface area contributed by atoms with Crippen molar-refractivity contribution in [1.29, 1.82) is 0 Å². The van der Waals surface area contributed by atoms with Crippen LogP contribution in [0.5, 0.6) is 0 Å². The number of carbonyl (C=O) groups is 1. The molecule has 24 heavy (non-hydrogen) atoms. The van der Waals surface area contributed by atoms with Crippen molar-refractivity contribution in [3.05, 3.63) is 29.0 Å². The van der Waals surface area contributed by atoms with Gasteiger partial charge in [-0.2, -0.15) is 0 Å². The summed E-state index contributed by atoms with van der Waals surface area (Å²) in [6.07, 6.45) is 0.533. The fourth-order valence-electron chi connectivity index (χ4n) is 2.52. The van der Waals surface area contributed by atoms with E-state index < -0.39 is 33.1 Å². The second-order valence-corrected chi connectivity index (χ2v) is 7.49. The molecule has 3 N–H and O–H groups in total. The van der Waals surface area contributed by atoms with Crippen molar-refractivity contribution in [2.75, 3.05) is 11.3 Å². The van der Waals surface area contributed by atoms with Crippen LogP contribution in [-0.2, 0) is 19.6 Å². The molecule has 0 aliphatic carbocycles. The highest BCUT2D eigenvalue weighted by Gasteiger charge is 2.48. The lowest BCUT2D eigenvalue weighted by Gasteiger charge is -2.21. The first kappa shape index (κ1) is 18.9. The minimum atomic E-state index is -4.00. The zero-order valence-electron chi connectivity index (χ0n) is 13.2. The molecule has 0 bridgehead atoms. The molecule has 3 unspecified atom stereocenters. The number of rotatable bonds is 6. The molecule has 0 saturated carbocycles. The lowest BCUT2D eigenvalue weighted by atomic mass is 10.00. The van der Waals surface area contributed by atoms with Gasteiger partial charge in [-0.05, 0) is 31.5 Å². The highest BCUT2D eigenvalue weighted by molar-refractivity contribution is 7.93. The molecule has 1 fully saturated rings. The lowest BCUT2D eigenvalue weighted by Crippen LogP contribution is -2.44. The van der Waals surface area contributed by atoms with Gasteiger partial charge in [0.05, 0.1) is 17.3 Å². The van der Waals surface area contributed by atoms with Crippen LogP contribution in [0.2, 0.25) is 5.02 Å². The molecule has 134 valence electrons. The number of halogens is 2. The summed E-state index contributed by atoms with van der Waals surface area (Å²) in [5, 5.41) is -1.44. The molecule has 1 heterocycles. The third kappa shape index (κ3) is 3.97. The van der Waals surface area contributed by atoms with Gasteiger partial charge in [-0.1, -0.05) is 18.5 Å². The van der Waals surface area contributed by atoms with Gasteiger partial charge in [0, 0.05) is 6.04 Å². The highest BCUT2D eigenvalue weighted by atomic mass is 35.5. The normalized spacial score (nSPS) is 23.9. The summed E-state index contributed by atoms with van der Waals surface area (Å²) in [5.41, 5.74) is 5.53. The van der Waals surface area contributed by atoms with Crippen LogP contribution in [0.1, 0.15) is 20.3 Å². The Bertz CT molecular complexity index is 716. The van der Waals surface area contributed by atoms with E-state index in [1.54, 1.807) is 6.92 Å². The maximum absolute atomic E-state index is 13.2. The Hall–Kier alpha value is -1.42. The van der Waals surface area contributed by atoms with Crippen molar-refractivity contribution < 1.29 is 22.3 Å². The molecule has 0 amide bonds. The first-order chi connectivity index (χ1) is 11.3. The van der Waals surface area contributed by atoms with Crippen molar-refractivity contribution in [2.45, 2.75) is 31.7 Å². The fraction of sp³-hybridized carbons (Fsp3) is 0.500. The molecular formula is C14H19ClFN3O4S. The van der Waals surface area contributed by atoms with Crippen LogP contribution in [-0.4, -0.2) is 32.4 Å². The Morgan fingerprint density at radius 1 is 1.38 bits per heavy atom. The molecule has 1 aromatic rings. The van der Waals surface area contributed by atoms with Gasteiger partial charge in [0.25, 0.3) is 10.0 Å². The molecule has 2 rings (SSSR count). The molecule has 3 atom stereocenters. The van der Waals surface area contributed by atoms with E-state index in [1.165, 1.54) is 6.07 Å². The van der Waals surface area contributed by atoms with Gasteiger partial charge in [-0.3, -0.25) is 14.9 Å². The topological polar surface area (TPSA) is 96.5 Å². The summed E-state index contributed by atoms with van der Waals surface area (Å²) >= 11 is 5.66. The molecule has 10 heteroatoms. The van der Waals surface area contributed by atoms with Crippen LogP contribution < -0.4 is 15.6 Å². The number of esters is 1. The van der Waals surface area contributed by atoms with Crippen LogP contribution in [0.25, 0.3) is 0 Å². The van der Waals surface area contributed by atoms with Gasteiger partial charge in [-0.15, -0.1) is 0 Å². The number of sulfonamides is 1. The van der Waals surface area contributed by atoms with Gasteiger partial charge in [0.2, 0.25) is 0 Å². The van der Waals surface area contributed by atoms with Crippen molar-refractivity contribution in [3.63, 3.8) is 0 Å². The number of carbonyl (C=O) groups excluding carboxylic acids is 1. The average molecular weight is 380 g/mol. The molecule has 1 aromatic carbocycles. The molecule has 0 spiro atoms. The summed E-state index contributed by atoms with van der Waals surface area (Å²) in [6, 6.07) is 3.08. The number of anilines is 1. The van der Waals surface area contributed by atoms with Crippen LogP contribution in [0, 0.1) is 11.7 Å². The Morgan fingerprint density at radius 3 is 2.67 bits per heavy atom. The molecular weight excluding hydrogens is 361 g/mol. The van der Waals surface area contributed by atoms with E-state index in [1.807, 2.05) is 6.92 Å². The number of hydrogen-bond acceptors (Lipinski definition) is 6. The lowest BCUT2D eigenvalue weighted by molar-refractivity contribution is -0.148. The predicted molar refractivity (Wildman–Crippen MR) is 88.2 cm³/mol. The summed E-state index contributed by atoms with van der Waals surface area (Å²) < 4.78 is 45.7. The monoisotopic (exact) mass is 379 g/mol. The standard InChI is InChI=1S/C14H19ClFN3O4S/c1-3-11-12(14(20)23-4-2)13(18-17-11)24(21,22)19-8-5-6-10(16)9(15)7-8/h5-7,11-13,17-19H,3-4H2,1-2H3. The van der Waals surface area contributed by atoms with Crippen molar-refractivity contribution >= 4 is 33.3 Å². The SMILES string of the molecule is CCOC(=O)C1C(CC)NNC1S(=O)(=O)Nc1ccc(F)c(Cl)c1. The number of hydrazine groups is 1. The first-order valence-corrected chi connectivity index (χ1v) is 9.37. The Balaban J connectivity index is 2.25. The van der Waals surface area contributed by atoms with Gasteiger partial charge >= 0.3 is 5.97 Å². The van der Waals surface area contributed by atoms with Gasteiger partial charge in [-0.25, -0.2) is 18.2 Å². The van der Waals surface area contributed by atoms with E-state index in [0.717, 1.165) is 12.1 Å². The smallest absolute Gasteiger partial charge is 0.313 e. The molecule has 1 aliphatic rings. The maximum Gasteiger partial charge on any atom is 0.313 e. The number of nitrogens with one attached hydrogen (secondary N) is 3. The molecule has 0 radical (unpaired) electrons. The average Bonchev–Trinajstić information content (AvgIpc) is 2.96. The maximum atomic E-state index is 13.2. The minimum Gasteiger partial charge on any atom is -0.466 e. The number of hydrogen-bond donors (Lipinski definition) is 3. The largest absolute Gasteiger partial charge is 0.466 e. The van der Waals surface area contributed by atoms with E-state index in [2.05, 4.69) is 15.6 Å². The second kappa shape index (κ2) is 7.64. The van der Waals surface area contributed by atoms with E-state index in [-0.39, 0.29) is 23.4 Å². The second-order valence-electron chi connectivity index (χ2n) is 5.28. The van der Waals surface area contributed by atoms with Crippen molar-refractivity contribution in [2.24, 2.45) is 5.92 Å². The Labute approximate surface area is 144 Å². The number of benzene rings is 1. The number of ether oxygens (including phenoxy) is 1. The third-order valence-corrected chi connectivity index (χ3v) is 5.57. The highest BCUT2D eigenvalue weighted by Crippen LogP contribution is 2.26. The zero-order valence-corrected chi connectivity index (χ0v) is 14.7. The van der Waals surface area contributed by atoms with E-state index in [0.29, 0.717) is 6.42 Å². The van der Waals surface area contributed by atoms with Crippen LogP contribution >= 0.6 is 11.6 Å². The van der Waals surface area contributed by atoms with E-state index in [4.69, 9.17) is 16.3 Å². The van der Waals surface area contributed by atoms with Crippen LogP contribution in [0.3, 0.4) is 0 Å². The molecule has 7 nitrogen and oxygen atoms in total.